The first-order valence-corrected chi connectivity index (χ1v) is 9.98. The Morgan fingerprint density at radius 3 is 2.10 bits per heavy atom. The van der Waals surface area contributed by atoms with Crippen LogP contribution in [0.4, 0.5) is 16.2 Å². The van der Waals surface area contributed by atoms with Gasteiger partial charge in [-0.2, -0.15) is 0 Å². The molecule has 0 saturated carbocycles. The van der Waals surface area contributed by atoms with Gasteiger partial charge in [0.15, 0.2) is 0 Å². The molecule has 7 heteroatoms. The van der Waals surface area contributed by atoms with Crippen LogP contribution >= 0.6 is 11.8 Å². The number of nitrogens with zero attached hydrogens (tertiary/aromatic N) is 2. The van der Waals surface area contributed by atoms with Gasteiger partial charge in [0.2, 0.25) is 11.8 Å². The number of anilines is 2. The molecule has 0 atom stereocenters. The van der Waals surface area contributed by atoms with E-state index in [0.717, 1.165) is 16.1 Å². The van der Waals surface area contributed by atoms with Crippen LogP contribution in [0.3, 0.4) is 0 Å². The molecule has 3 aromatic carbocycles. The van der Waals surface area contributed by atoms with Crippen molar-refractivity contribution in [3.63, 3.8) is 0 Å². The smallest absolute Gasteiger partial charge is 0.323 e. The highest BCUT2D eigenvalue weighted by atomic mass is 32.2. The summed E-state index contributed by atoms with van der Waals surface area (Å²) >= 11 is 1.59. The highest BCUT2D eigenvalue weighted by Gasteiger charge is 2.09. The molecule has 4 aromatic rings. The van der Waals surface area contributed by atoms with Crippen LogP contribution in [0.1, 0.15) is 5.89 Å². The highest BCUT2D eigenvalue weighted by Crippen LogP contribution is 2.25. The zero-order chi connectivity index (χ0) is 19.9. The molecule has 0 spiro atoms. The number of urea groups is 1. The zero-order valence-corrected chi connectivity index (χ0v) is 16.2. The van der Waals surface area contributed by atoms with Gasteiger partial charge in [0, 0.05) is 21.8 Å². The van der Waals surface area contributed by atoms with E-state index in [1.807, 2.05) is 84.9 Å². The van der Waals surface area contributed by atoms with Crippen molar-refractivity contribution in [2.24, 2.45) is 0 Å². The standard InChI is InChI=1S/C22H18N4O2S/c27-22(23-17-9-5-2-6-10-17)24-18-11-13-19(14-12-18)29-15-20-25-26-21(28-20)16-7-3-1-4-8-16/h1-14H,15H2,(H2,23,24,27). The summed E-state index contributed by atoms with van der Waals surface area (Å²) in [6, 6.07) is 26.3. The van der Waals surface area contributed by atoms with E-state index in [0.29, 0.717) is 23.2 Å². The molecule has 0 saturated heterocycles. The predicted molar refractivity (Wildman–Crippen MR) is 115 cm³/mol. The molecule has 2 N–H and O–H groups in total. The second-order valence-electron chi connectivity index (χ2n) is 6.13. The Morgan fingerprint density at radius 1 is 0.793 bits per heavy atom. The summed E-state index contributed by atoms with van der Waals surface area (Å²) in [6.45, 7) is 0. The van der Waals surface area contributed by atoms with Crippen LogP contribution in [0, 0.1) is 0 Å². The maximum atomic E-state index is 12.0. The van der Waals surface area contributed by atoms with E-state index in [9.17, 15) is 4.79 Å². The molecule has 0 aliphatic rings. The second kappa shape index (κ2) is 9.07. The van der Waals surface area contributed by atoms with Crippen molar-refractivity contribution >= 4 is 29.2 Å². The van der Waals surface area contributed by atoms with Crippen LogP contribution in [0.2, 0.25) is 0 Å². The maximum absolute atomic E-state index is 12.0. The Kier molecular flexibility index (Phi) is 5.87. The van der Waals surface area contributed by atoms with E-state index >= 15 is 0 Å². The fourth-order valence-electron chi connectivity index (χ4n) is 2.60. The molecule has 0 unspecified atom stereocenters. The van der Waals surface area contributed by atoms with Crippen molar-refractivity contribution in [2.45, 2.75) is 10.6 Å². The number of benzene rings is 3. The Balaban J connectivity index is 1.29. The number of hydrogen-bond donors (Lipinski definition) is 2. The molecule has 29 heavy (non-hydrogen) atoms. The fraction of sp³-hybridized carbons (Fsp3) is 0.0455. The average Bonchev–Trinajstić information content (AvgIpc) is 3.24. The molecule has 4 rings (SSSR count). The van der Waals surface area contributed by atoms with Crippen LogP contribution in [0.25, 0.3) is 11.5 Å². The number of hydrogen-bond acceptors (Lipinski definition) is 5. The normalized spacial score (nSPS) is 10.5. The molecular weight excluding hydrogens is 384 g/mol. The van der Waals surface area contributed by atoms with Gasteiger partial charge in [-0.3, -0.25) is 0 Å². The molecule has 0 bridgehead atoms. The van der Waals surface area contributed by atoms with Gasteiger partial charge in [-0.25, -0.2) is 4.79 Å². The summed E-state index contributed by atoms with van der Waals surface area (Å²) in [5.74, 6) is 1.66. The lowest BCUT2D eigenvalue weighted by molar-refractivity contribution is 0.262. The lowest BCUT2D eigenvalue weighted by atomic mass is 10.2. The Labute approximate surface area is 172 Å². The van der Waals surface area contributed by atoms with Gasteiger partial charge in [-0.05, 0) is 48.5 Å². The first kappa shape index (κ1) is 18.8. The first-order chi connectivity index (χ1) is 14.3. The molecule has 0 aliphatic heterocycles. The number of thioether (sulfide) groups is 1. The minimum absolute atomic E-state index is 0.282. The summed E-state index contributed by atoms with van der Waals surface area (Å²) in [6.07, 6.45) is 0. The minimum atomic E-state index is -0.282. The van der Waals surface area contributed by atoms with E-state index in [2.05, 4.69) is 20.8 Å². The van der Waals surface area contributed by atoms with E-state index in [1.54, 1.807) is 11.8 Å². The van der Waals surface area contributed by atoms with Crippen molar-refractivity contribution in [2.75, 3.05) is 10.6 Å². The van der Waals surface area contributed by atoms with E-state index in [1.165, 1.54) is 0 Å². The SMILES string of the molecule is O=C(Nc1ccccc1)Nc1ccc(SCc2nnc(-c3ccccc3)o2)cc1. The molecule has 0 fully saturated rings. The van der Waals surface area contributed by atoms with E-state index in [-0.39, 0.29) is 6.03 Å². The quantitative estimate of drug-likeness (QED) is 0.406. The van der Waals surface area contributed by atoms with Crippen LogP contribution < -0.4 is 10.6 Å². The Hall–Kier alpha value is -3.58. The molecule has 1 heterocycles. The fourth-order valence-corrected chi connectivity index (χ4v) is 3.34. The summed E-state index contributed by atoms with van der Waals surface area (Å²) in [4.78, 5) is 13.1. The number of carbonyl (C=O) groups excluding carboxylic acids is 1. The summed E-state index contributed by atoms with van der Waals surface area (Å²) < 4.78 is 5.72. The third-order valence-electron chi connectivity index (χ3n) is 3.99. The van der Waals surface area contributed by atoms with Gasteiger partial charge in [0.25, 0.3) is 0 Å². The predicted octanol–water partition coefficient (Wildman–Crippen LogP) is 5.67. The van der Waals surface area contributed by atoms with Crippen molar-refractivity contribution in [1.82, 2.24) is 10.2 Å². The third-order valence-corrected chi connectivity index (χ3v) is 4.99. The van der Waals surface area contributed by atoms with Crippen molar-refractivity contribution in [3.05, 3.63) is 90.8 Å². The highest BCUT2D eigenvalue weighted by molar-refractivity contribution is 7.98. The monoisotopic (exact) mass is 402 g/mol. The largest absolute Gasteiger partial charge is 0.420 e. The number of aromatic nitrogens is 2. The first-order valence-electron chi connectivity index (χ1n) is 9.00. The minimum Gasteiger partial charge on any atom is -0.420 e. The third kappa shape index (κ3) is 5.24. The van der Waals surface area contributed by atoms with Crippen molar-refractivity contribution in [3.8, 4) is 11.5 Å². The topological polar surface area (TPSA) is 80.0 Å². The van der Waals surface area contributed by atoms with Crippen LogP contribution in [0.5, 0.6) is 0 Å². The van der Waals surface area contributed by atoms with Crippen LogP contribution in [-0.2, 0) is 5.75 Å². The number of nitrogens with one attached hydrogen (secondary N) is 2. The van der Waals surface area contributed by atoms with Gasteiger partial charge >= 0.3 is 6.03 Å². The Bertz CT molecular complexity index is 1070. The summed E-state index contributed by atoms with van der Waals surface area (Å²) in [5.41, 5.74) is 2.36. The number of carbonyl (C=O) groups is 1. The lowest BCUT2D eigenvalue weighted by Crippen LogP contribution is -2.19. The maximum Gasteiger partial charge on any atom is 0.323 e. The Morgan fingerprint density at radius 2 is 1.41 bits per heavy atom. The molecule has 0 radical (unpaired) electrons. The summed E-state index contributed by atoms with van der Waals surface area (Å²) in [5, 5.41) is 13.8. The molecular formula is C22H18N4O2S. The van der Waals surface area contributed by atoms with Gasteiger partial charge in [0.1, 0.15) is 0 Å². The summed E-state index contributed by atoms with van der Waals surface area (Å²) in [7, 11) is 0. The average molecular weight is 402 g/mol. The van der Waals surface area contributed by atoms with E-state index < -0.39 is 0 Å². The molecule has 144 valence electrons. The molecule has 1 aromatic heterocycles. The lowest BCUT2D eigenvalue weighted by Gasteiger charge is -2.08. The number of rotatable bonds is 6. The van der Waals surface area contributed by atoms with Crippen molar-refractivity contribution in [1.29, 1.82) is 0 Å². The van der Waals surface area contributed by atoms with Gasteiger partial charge in [-0.15, -0.1) is 22.0 Å². The second-order valence-corrected chi connectivity index (χ2v) is 7.17. The van der Waals surface area contributed by atoms with Crippen LogP contribution in [0.15, 0.2) is 94.2 Å². The number of amides is 2. The zero-order valence-electron chi connectivity index (χ0n) is 15.4. The molecule has 0 aliphatic carbocycles. The number of para-hydroxylation sites is 1. The molecule has 2 amide bonds. The van der Waals surface area contributed by atoms with E-state index in [4.69, 9.17) is 4.42 Å². The van der Waals surface area contributed by atoms with Crippen LogP contribution in [-0.4, -0.2) is 16.2 Å². The molecule has 6 nitrogen and oxygen atoms in total. The van der Waals surface area contributed by atoms with Gasteiger partial charge < -0.3 is 15.1 Å². The van der Waals surface area contributed by atoms with Gasteiger partial charge in [-0.1, -0.05) is 36.4 Å². The van der Waals surface area contributed by atoms with Crippen molar-refractivity contribution < 1.29 is 9.21 Å². The van der Waals surface area contributed by atoms with Gasteiger partial charge in [0.05, 0.1) is 5.75 Å².